The van der Waals surface area contributed by atoms with Crippen LogP contribution in [0.15, 0.2) is 103 Å². The van der Waals surface area contributed by atoms with E-state index in [9.17, 15) is 4.79 Å². The lowest BCUT2D eigenvalue weighted by atomic mass is 9.76. The Labute approximate surface area is 365 Å². The van der Waals surface area contributed by atoms with Crippen molar-refractivity contribution < 1.29 is 18.5 Å². The molecular weight excluding hydrogens is 741 g/mol. The molecule has 2 atom stereocenters. The Morgan fingerprint density at radius 3 is 2.18 bits per heavy atom. The molecule has 1 aromatic heterocycles. The highest BCUT2D eigenvalue weighted by molar-refractivity contribution is 5.89. The fourth-order valence-corrected chi connectivity index (χ4v) is 9.15. The van der Waals surface area contributed by atoms with Crippen molar-refractivity contribution in [2.75, 3.05) is 57.2 Å². The first-order valence-corrected chi connectivity index (χ1v) is 22.8. The molecule has 2 saturated heterocycles. The van der Waals surface area contributed by atoms with E-state index in [1.54, 1.807) is 7.11 Å². The van der Waals surface area contributed by atoms with Crippen LogP contribution in [0.25, 0.3) is 21.9 Å². The normalized spacial score (nSPS) is 20.1. The highest BCUT2D eigenvalue weighted by Crippen LogP contribution is 2.38. The molecule has 7 heteroatoms. The maximum Gasteiger partial charge on any atom is 0.143 e. The smallest absolute Gasteiger partial charge is 0.143 e. The maximum absolute atomic E-state index is 12.7. The summed E-state index contributed by atoms with van der Waals surface area (Å²) >= 11 is 0. The number of pyridine rings is 1. The highest BCUT2D eigenvalue weighted by atomic mass is 16.5. The van der Waals surface area contributed by atoms with Crippen LogP contribution in [0.1, 0.15) is 107 Å². The third-order valence-electron chi connectivity index (χ3n) is 12.9. The van der Waals surface area contributed by atoms with E-state index in [4.69, 9.17) is 9.47 Å². The molecule has 60 heavy (non-hydrogen) atoms. The van der Waals surface area contributed by atoms with Crippen LogP contribution < -0.4 is 15.0 Å². The number of carbonyl (C=O) groups excluding carboxylic acids is 1. The second kappa shape index (κ2) is 21.7. The molecule has 4 aromatic carbocycles. The number of aromatic nitrogens is 1. The molecule has 2 aliphatic heterocycles. The maximum atomic E-state index is 12.7. The van der Waals surface area contributed by atoms with Crippen LogP contribution in [0.2, 0.25) is 0 Å². The lowest BCUT2D eigenvalue weighted by Crippen LogP contribution is -2.37. The van der Waals surface area contributed by atoms with E-state index >= 15 is 0 Å². The molecule has 1 saturated carbocycles. The van der Waals surface area contributed by atoms with Crippen LogP contribution in [0.4, 0.5) is 17.2 Å². The predicted molar refractivity (Wildman–Crippen MR) is 258 cm³/mol. The summed E-state index contributed by atoms with van der Waals surface area (Å²) in [4.78, 5) is 22.2. The number of para-hydroxylation sites is 1. The summed E-state index contributed by atoms with van der Waals surface area (Å²) in [5, 5.41) is 5.66. The summed E-state index contributed by atoms with van der Waals surface area (Å²) in [6.45, 7) is 16.0. The molecule has 8 rings (SSSR count). The topological polar surface area (TPSA) is 66.9 Å². The summed E-state index contributed by atoms with van der Waals surface area (Å²) in [5.74, 6) is 4.00. The molecule has 3 fully saturated rings. The number of likely N-dealkylation sites (tertiary alicyclic amines) is 1. The van der Waals surface area contributed by atoms with Gasteiger partial charge in [-0.1, -0.05) is 69.3 Å². The van der Waals surface area contributed by atoms with Crippen molar-refractivity contribution in [3.8, 4) is 16.9 Å². The molecule has 1 aliphatic carbocycles. The number of piperidine rings is 2. The first kappa shape index (κ1) is 44.8. The van der Waals surface area contributed by atoms with Crippen LogP contribution in [0.3, 0.4) is 0 Å². The van der Waals surface area contributed by atoms with Gasteiger partial charge in [-0.2, -0.15) is 0 Å². The van der Waals surface area contributed by atoms with Gasteiger partial charge in [-0.15, -0.1) is 0 Å². The monoisotopic (exact) mass is 817 g/mol. The Balaban J connectivity index is 0.000000309. The van der Waals surface area contributed by atoms with Crippen molar-refractivity contribution >= 4 is 33.7 Å². The highest BCUT2D eigenvalue weighted by Gasteiger charge is 2.37. The number of rotatable bonds is 11. The number of nitrogens with zero attached hydrogens (tertiary/aromatic N) is 3. The molecule has 3 aliphatic rings. The fourth-order valence-electron chi connectivity index (χ4n) is 9.15. The van der Waals surface area contributed by atoms with Gasteiger partial charge in [0.1, 0.15) is 17.4 Å². The molecule has 5 aromatic rings. The number of Topliss-reactive ketones (excluding diaryl/α,β-unsaturated/α-hetero) is 1. The SMILES string of the molecule is CC.CCCOc1ccc(-c2ccc3cnc(Nc4ccccc4)cc3c2)c(C)c1.COC1(C)CCC(c2ccc(N3CCC(CC4CCN(C)CC4)CC3)cc2)C(=O)C1.[HH].[HH].[HH]. The Bertz CT molecular complexity index is 2100. The molecule has 2 unspecified atom stereocenters. The number of benzene rings is 4. The molecule has 3 heterocycles. The quantitative estimate of drug-likeness (QED) is 0.142. The Hall–Kier alpha value is -4.72. The zero-order valence-corrected chi connectivity index (χ0v) is 37.5. The number of ketones is 1. The minimum atomic E-state index is -0.272. The van der Waals surface area contributed by atoms with Crippen molar-refractivity contribution in [2.45, 2.75) is 104 Å². The van der Waals surface area contributed by atoms with E-state index in [1.807, 2.05) is 50.4 Å². The lowest BCUT2D eigenvalue weighted by molar-refractivity contribution is -0.131. The average Bonchev–Trinajstić information content (AvgIpc) is 3.28. The number of hydrogen-bond acceptors (Lipinski definition) is 7. The zero-order chi connectivity index (χ0) is 42.5. The Kier molecular flexibility index (Phi) is 16.2. The number of methoxy groups -OCH3 is 1. The number of aryl methyl sites for hydroxylation is 1. The van der Waals surface area contributed by atoms with E-state index in [0.29, 0.717) is 12.2 Å². The van der Waals surface area contributed by atoms with Crippen molar-refractivity contribution in [1.82, 2.24) is 9.88 Å². The molecule has 7 nitrogen and oxygen atoms in total. The van der Waals surface area contributed by atoms with Crippen molar-refractivity contribution in [2.24, 2.45) is 11.8 Å². The number of fused-ring (bicyclic) bond motifs is 1. The number of anilines is 3. The molecule has 1 N–H and O–H groups in total. The summed E-state index contributed by atoms with van der Waals surface area (Å²) in [6.07, 6.45) is 12.2. The fraction of sp³-hybridized carbons (Fsp3) is 0.472. The van der Waals surface area contributed by atoms with Gasteiger partial charge in [0.15, 0.2) is 0 Å². The van der Waals surface area contributed by atoms with Gasteiger partial charge in [-0.25, -0.2) is 4.98 Å². The van der Waals surface area contributed by atoms with Gasteiger partial charge >= 0.3 is 0 Å². The van der Waals surface area contributed by atoms with Gasteiger partial charge in [-0.3, -0.25) is 4.79 Å². The van der Waals surface area contributed by atoms with E-state index in [0.717, 1.165) is 65.7 Å². The van der Waals surface area contributed by atoms with Gasteiger partial charge < -0.3 is 24.6 Å². The number of ether oxygens (including phenoxy) is 2. The largest absolute Gasteiger partial charge is 0.494 e. The minimum absolute atomic E-state index is 0. The molecule has 0 bridgehead atoms. The van der Waals surface area contributed by atoms with Gasteiger partial charge in [0.25, 0.3) is 0 Å². The molecule has 0 radical (unpaired) electrons. The molecule has 0 spiro atoms. The van der Waals surface area contributed by atoms with Gasteiger partial charge in [0.05, 0.1) is 12.2 Å². The molecule has 326 valence electrons. The van der Waals surface area contributed by atoms with Crippen LogP contribution in [0, 0.1) is 18.8 Å². The number of nitrogens with one attached hydrogen (secondary N) is 1. The summed E-state index contributed by atoms with van der Waals surface area (Å²) in [5.41, 5.74) is 6.89. The van der Waals surface area contributed by atoms with E-state index in [2.05, 4.69) is 115 Å². The zero-order valence-electron chi connectivity index (χ0n) is 37.5. The lowest BCUT2D eigenvalue weighted by Gasteiger charge is -2.37. The third kappa shape index (κ3) is 12.0. The summed E-state index contributed by atoms with van der Waals surface area (Å²) < 4.78 is 11.3. The van der Waals surface area contributed by atoms with E-state index in [-0.39, 0.29) is 15.8 Å². The van der Waals surface area contributed by atoms with Gasteiger partial charge in [0.2, 0.25) is 0 Å². The van der Waals surface area contributed by atoms with Crippen molar-refractivity contribution in [3.05, 3.63) is 114 Å². The second-order valence-electron chi connectivity index (χ2n) is 17.3. The van der Waals surface area contributed by atoms with E-state index in [1.165, 1.54) is 86.2 Å². The Morgan fingerprint density at radius 1 is 0.833 bits per heavy atom. The number of carbonyl (C=O) groups is 1. The summed E-state index contributed by atoms with van der Waals surface area (Å²) in [6, 6.07) is 33.9. The standard InChI is InChI=1S/C26H40N2O2.C25H24N2O.C2H6.3H2/c1-26(30-3)13-8-24(25(29)19-26)22-4-6-23(7-5-22)28-16-11-21(12-17-28)18-20-9-14-27(2)15-10-20;1-3-13-28-23-11-12-24(18(2)14-23)19-9-10-20-17-26-25(16-21(20)15-19)27-22-7-5-4-6-8-22;1-2;;;/h4-7,20-21,24H,8-19H2,1-3H3;4-12,14-17H,3,13H2,1-2H3,(H,26,27);1-2H3;3*1H. The summed E-state index contributed by atoms with van der Waals surface area (Å²) in [7, 11) is 3.97. The van der Waals surface area contributed by atoms with Crippen molar-refractivity contribution in [1.29, 1.82) is 0 Å². The van der Waals surface area contributed by atoms with Gasteiger partial charge in [-0.05, 0) is 173 Å². The van der Waals surface area contributed by atoms with Crippen molar-refractivity contribution in [3.63, 3.8) is 0 Å². The van der Waals surface area contributed by atoms with Crippen LogP contribution in [0.5, 0.6) is 5.75 Å². The second-order valence-corrected chi connectivity index (χ2v) is 17.3. The predicted octanol–water partition coefficient (Wildman–Crippen LogP) is 13.4. The third-order valence-corrected chi connectivity index (χ3v) is 12.9. The molecule has 0 amide bonds. The Morgan fingerprint density at radius 2 is 1.53 bits per heavy atom. The van der Waals surface area contributed by atoms with Crippen LogP contribution >= 0.6 is 0 Å². The van der Waals surface area contributed by atoms with Crippen LogP contribution in [-0.4, -0.2) is 68.2 Å². The van der Waals surface area contributed by atoms with E-state index < -0.39 is 0 Å². The number of hydrogen-bond donors (Lipinski definition) is 1. The van der Waals surface area contributed by atoms with Gasteiger partial charge in [0, 0.05) is 59.8 Å². The first-order chi connectivity index (χ1) is 29.2. The minimum Gasteiger partial charge on any atom is -0.494 e. The average molecular weight is 817 g/mol. The molecular formula is C53H76N4O3. The first-order valence-electron chi connectivity index (χ1n) is 22.8. The van der Waals surface area contributed by atoms with Crippen LogP contribution in [-0.2, 0) is 9.53 Å².